The Hall–Kier alpha value is -5.85. The number of aromatic nitrogens is 4. The van der Waals surface area contributed by atoms with E-state index in [-0.39, 0.29) is 29.3 Å². The van der Waals surface area contributed by atoms with Gasteiger partial charge in [0.25, 0.3) is 15.9 Å². The predicted molar refractivity (Wildman–Crippen MR) is 258 cm³/mol. The zero-order valence-electron chi connectivity index (χ0n) is 37.6. The number of benzene rings is 3. The first-order valence-electron chi connectivity index (χ1n) is 23.0. The number of sulfonamides is 1. The van der Waals surface area contributed by atoms with E-state index in [4.69, 9.17) is 26.1 Å². The summed E-state index contributed by atoms with van der Waals surface area (Å²) in [6, 6.07) is 21.2. The van der Waals surface area contributed by atoms with Crippen LogP contribution in [0.3, 0.4) is 0 Å². The standard InChI is InChI=1S/C49H54ClN9O7S/c1-49(2)15-11-35(41(26-49)33-3-5-36(50)6-4-33)28-55-19-21-57(22-20-55)37-7-9-40(43(24-37)58-44-23-34-12-16-51-47(34)53-42(44)27-52-58)48(60)54-67(63,64)39-8-10-46(45(25-39)59(61)62)66-29-32-13-17-56(18-14-32)38-30-65-31-38/h3-10,12,16,23-25,27,32,38H,11,13-15,17-22,26,28-31H2,1-2H3,(H,51,53)(H,54,60). The van der Waals surface area contributed by atoms with Gasteiger partial charge in [-0.2, -0.15) is 5.10 Å². The van der Waals surface area contributed by atoms with Gasteiger partial charge >= 0.3 is 5.69 Å². The third-order valence-electron chi connectivity index (χ3n) is 14.0. The highest BCUT2D eigenvalue weighted by molar-refractivity contribution is 7.90. The fourth-order valence-electron chi connectivity index (χ4n) is 9.89. The van der Waals surface area contributed by atoms with Crippen molar-refractivity contribution in [1.29, 1.82) is 0 Å². The van der Waals surface area contributed by atoms with Crippen molar-refractivity contribution in [3.8, 4) is 11.4 Å². The minimum Gasteiger partial charge on any atom is -0.487 e. The molecule has 2 N–H and O–H groups in total. The molecule has 0 spiro atoms. The molecule has 10 rings (SSSR count). The van der Waals surface area contributed by atoms with Gasteiger partial charge in [0.05, 0.1) is 58.6 Å². The number of halogens is 1. The summed E-state index contributed by atoms with van der Waals surface area (Å²) in [4.78, 5) is 40.4. The first kappa shape index (κ1) is 45.0. The number of likely N-dealkylation sites (tertiary alicyclic amines) is 1. The van der Waals surface area contributed by atoms with E-state index in [2.05, 4.69) is 55.5 Å². The van der Waals surface area contributed by atoms with Gasteiger partial charge in [-0.15, -0.1) is 0 Å². The molecule has 3 aromatic heterocycles. The van der Waals surface area contributed by atoms with E-state index in [0.29, 0.717) is 28.4 Å². The van der Waals surface area contributed by atoms with Crippen LogP contribution in [-0.4, -0.2) is 120 Å². The summed E-state index contributed by atoms with van der Waals surface area (Å²) in [5.74, 6) is -0.750. The molecule has 0 radical (unpaired) electrons. The molecule has 1 amide bonds. The second-order valence-corrected chi connectivity index (χ2v) is 21.2. The number of nitro benzene ring substituents is 1. The Morgan fingerprint density at radius 1 is 1.00 bits per heavy atom. The zero-order chi connectivity index (χ0) is 46.5. The average Bonchev–Trinajstić information content (AvgIpc) is 3.94. The number of fused-ring (bicyclic) bond motifs is 2. The van der Waals surface area contributed by atoms with Gasteiger partial charge in [0.1, 0.15) is 11.2 Å². The number of nitro groups is 1. The molecule has 0 saturated carbocycles. The molecule has 6 heterocycles. The summed E-state index contributed by atoms with van der Waals surface area (Å²) in [7, 11) is -4.60. The van der Waals surface area contributed by atoms with Gasteiger partial charge < -0.3 is 19.4 Å². The topological polar surface area (TPSA) is 181 Å². The molecule has 3 aromatic carbocycles. The van der Waals surface area contributed by atoms with Crippen LogP contribution in [-0.2, 0) is 14.8 Å². The minimum absolute atomic E-state index is 0.0303. The fraction of sp³-hybridized carbons (Fsp3) is 0.408. The highest BCUT2D eigenvalue weighted by Gasteiger charge is 2.33. The molecular formula is C49H54ClN9O7S. The van der Waals surface area contributed by atoms with E-state index >= 15 is 0 Å². The quantitative estimate of drug-likeness (QED) is 0.0847. The van der Waals surface area contributed by atoms with E-state index in [1.807, 2.05) is 36.4 Å². The summed E-state index contributed by atoms with van der Waals surface area (Å²) in [6.07, 6.45) is 8.36. The van der Waals surface area contributed by atoms with Crippen LogP contribution in [0, 0.1) is 21.4 Å². The molecule has 3 fully saturated rings. The van der Waals surface area contributed by atoms with Crippen LogP contribution in [0.4, 0.5) is 11.4 Å². The number of hydrogen-bond acceptors (Lipinski definition) is 12. The van der Waals surface area contributed by atoms with Gasteiger partial charge in [-0.3, -0.25) is 24.7 Å². The number of ether oxygens (including phenoxy) is 2. The number of piperidine rings is 1. The van der Waals surface area contributed by atoms with Crippen molar-refractivity contribution in [2.24, 2.45) is 11.3 Å². The number of rotatable bonds is 13. The van der Waals surface area contributed by atoms with Crippen molar-refractivity contribution in [3.05, 3.63) is 117 Å². The van der Waals surface area contributed by atoms with E-state index in [0.717, 1.165) is 113 Å². The van der Waals surface area contributed by atoms with Crippen LogP contribution in [0.15, 0.2) is 95.7 Å². The SMILES string of the molecule is CC1(C)CCC(CN2CCN(c3ccc(C(=O)NS(=O)(=O)c4ccc(OCC5CCN(C6COC6)CC5)c([N+](=O)[O-])c4)c(-n4ncc5nc6[nH]ccc6cc54)c3)CC2)=C(c2ccc(Cl)cc2)C1. The van der Waals surface area contributed by atoms with E-state index in [1.165, 1.54) is 28.8 Å². The van der Waals surface area contributed by atoms with Crippen LogP contribution in [0.5, 0.6) is 5.75 Å². The fourth-order valence-corrected chi connectivity index (χ4v) is 11.0. The van der Waals surface area contributed by atoms with Crippen LogP contribution >= 0.6 is 11.6 Å². The molecule has 0 bridgehead atoms. The Labute approximate surface area is 394 Å². The van der Waals surface area contributed by atoms with E-state index < -0.39 is 31.4 Å². The maximum Gasteiger partial charge on any atom is 0.312 e. The number of aromatic amines is 1. The number of nitrogens with one attached hydrogen (secondary N) is 2. The van der Waals surface area contributed by atoms with Crippen molar-refractivity contribution >= 4 is 66.5 Å². The highest BCUT2D eigenvalue weighted by atomic mass is 35.5. The van der Waals surface area contributed by atoms with Crippen molar-refractivity contribution in [2.75, 3.05) is 70.5 Å². The minimum atomic E-state index is -4.60. The van der Waals surface area contributed by atoms with Crippen molar-refractivity contribution in [1.82, 2.24) is 34.3 Å². The number of anilines is 1. The Morgan fingerprint density at radius 3 is 2.51 bits per heavy atom. The number of carbonyl (C=O) groups is 1. The van der Waals surface area contributed by atoms with E-state index in [1.54, 1.807) is 23.1 Å². The maximum absolute atomic E-state index is 14.3. The van der Waals surface area contributed by atoms with Gasteiger partial charge in [0.2, 0.25) is 0 Å². The molecule has 67 heavy (non-hydrogen) atoms. The largest absolute Gasteiger partial charge is 0.487 e. The Kier molecular flexibility index (Phi) is 12.3. The Bertz CT molecular complexity index is 2990. The number of hydrogen-bond donors (Lipinski definition) is 2. The molecule has 18 heteroatoms. The molecule has 0 unspecified atom stereocenters. The molecule has 4 aliphatic rings. The normalized spacial score (nSPS) is 18.9. The van der Waals surface area contributed by atoms with Crippen LogP contribution in [0.2, 0.25) is 5.02 Å². The number of nitrogens with zero attached hydrogens (tertiary/aromatic N) is 7. The Balaban J connectivity index is 0.881. The third-order valence-corrected chi connectivity index (χ3v) is 15.6. The van der Waals surface area contributed by atoms with Gasteiger partial charge in [-0.05, 0) is 122 Å². The summed E-state index contributed by atoms with van der Waals surface area (Å²) in [5, 5.41) is 18.5. The summed E-state index contributed by atoms with van der Waals surface area (Å²) >= 11 is 6.26. The molecule has 1 aliphatic carbocycles. The predicted octanol–water partition coefficient (Wildman–Crippen LogP) is 7.86. The monoisotopic (exact) mass is 947 g/mol. The van der Waals surface area contributed by atoms with Crippen LogP contribution in [0.25, 0.3) is 33.3 Å². The van der Waals surface area contributed by atoms with E-state index in [9.17, 15) is 23.3 Å². The summed E-state index contributed by atoms with van der Waals surface area (Å²) in [5.41, 5.74) is 6.95. The van der Waals surface area contributed by atoms with Gasteiger partial charge in [-0.1, -0.05) is 43.2 Å². The number of amides is 1. The molecule has 6 aromatic rings. The van der Waals surface area contributed by atoms with Crippen LogP contribution in [0.1, 0.15) is 61.9 Å². The number of piperazine rings is 1. The average molecular weight is 949 g/mol. The second-order valence-electron chi connectivity index (χ2n) is 19.1. The lowest BCUT2D eigenvalue weighted by Gasteiger charge is -2.41. The lowest BCUT2D eigenvalue weighted by atomic mass is 9.72. The second kappa shape index (κ2) is 18.3. The molecular weight excluding hydrogens is 894 g/mol. The van der Waals surface area contributed by atoms with Gasteiger partial charge in [0.15, 0.2) is 5.75 Å². The molecule has 350 valence electrons. The number of pyridine rings is 1. The highest BCUT2D eigenvalue weighted by Crippen LogP contribution is 2.43. The first-order chi connectivity index (χ1) is 32.3. The lowest BCUT2D eigenvalue weighted by Crippen LogP contribution is -2.52. The Morgan fingerprint density at radius 2 is 1.78 bits per heavy atom. The van der Waals surface area contributed by atoms with Crippen molar-refractivity contribution in [2.45, 2.75) is 56.9 Å². The summed E-state index contributed by atoms with van der Waals surface area (Å²) in [6.45, 7) is 12.2. The smallest absolute Gasteiger partial charge is 0.312 e. The van der Waals surface area contributed by atoms with Crippen molar-refractivity contribution < 1.29 is 27.6 Å². The van der Waals surface area contributed by atoms with Gasteiger partial charge in [0, 0.05) is 61.1 Å². The molecule has 3 aliphatic heterocycles. The first-order valence-corrected chi connectivity index (χ1v) is 24.8. The number of allylic oxidation sites excluding steroid dienone is 1. The maximum atomic E-state index is 14.3. The summed E-state index contributed by atoms with van der Waals surface area (Å²) < 4.78 is 42.9. The molecule has 16 nitrogen and oxygen atoms in total. The molecule has 0 atom stereocenters. The third kappa shape index (κ3) is 9.52. The molecule has 3 saturated heterocycles. The van der Waals surface area contributed by atoms with Crippen LogP contribution < -0.4 is 14.4 Å². The lowest BCUT2D eigenvalue weighted by molar-refractivity contribution is -0.386. The number of H-pyrrole nitrogens is 1. The number of carbonyl (C=O) groups excluding carboxylic acids is 1. The van der Waals surface area contributed by atoms with Crippen molar-refractivity contribution in [3.63, 3.8) is 0 Å². The van der Waals surface area contributed by atoms with Gasteiger partial charge in [-0.25, -0.2) is 22.8 Å². The zero-order valence-corrected chi connectivity index (χ0v) is 39.2.